The molecule has 1 rings (SSSR count). The van der Waals surface area contributed by atoms with Crippen LogP contribution in [0.3, 0.4) is 0 Å². The van der Waals surface area contributed by atoms with Gasteiger partial charge in [0.2, 0.25) is 0 Å². The van der Waals surface area contributed by atoms with Crippen molar-refractivity contribution in [1.82, 2.24) is 0 Å². The summed E-state index contributed by atoms with van der Waals surface area (Å²) < 4.78 is 3.73. The van der Waals surface area contributed by atoms with Gasteiger partial charge < -0.3 is 0 Å². The first-order valence-electron chi connectivity index (χ1n) is 2.53. The molecule has 0 bridgehead atoms. The fraction of sp³-hybridized carbons (Fsp3) is 0. The van der Waals surface area contributed by atoms with Crippen LogP contribution in [-0.2, 0) is 19.6 Å². The molecule has 0 aliphatic heterocycles. The van der Waals surface area contributed by atoms with E-state index in [-0.39, 0.29) is 0 Å². The molecule has 1 N–H and O–H groups in total. The molecule has 9 heavy (non-hydrogen) atoms. The first-order valence-corrected chi connectivity index (χ1v) is 3.54. The average molecular weight is 301 g/mol. The first kappa shape index (κ1) is 6.63. The van der Waals surface area contributed by atoms with E-state index in [4.69, 9.17) is 0 Å². The Balaban J connectivity index is 2.72. The summed E-state index contributed by atoms with van der Waals surface area (Å²) in [5, 5.41) is 0. The molecule has 3 heteroatoms. The van der Waals surface area contributed by atoms with E-state index in [1.54, 1.807) is 0 Å². The van der Waals surface area contributed by atoms with Gasteiger partial charge in [0.05, 0.1) is 0 Å². The van der Waals surface area contributed by atoms with Crippen molar-refractivity contribution in [2.24, 2.45) is 3.60 Å². The number of nitrogens with zero attached hydrogens (tertiary/aromatic N) is 1. The summed E-state index contributed by atoms with van der Waals surface area (Å²) in [5.41, 5.74) is 3.84. The van der Waals surface area contributed by atoms with Crippen LogP contribution >= 0.6 is 0 Å². The monoisotopic (exact) mass is 301 g/mol. The molecule has 0 fully saturated rings. The molecule has 0 unspecified atom stereocenters. The Labute approximate surface area is 65.0 Å². The topological polar surface area (TPSA) is 24.4 Å². The minimum absolute atomic E-state index is 1.02. The minimum atomic E-state index is 1.02. The van der Waals surface area contributed by atoms with Crippen molar-refractivity contribution in [3.8, 4) is 0 Å². The zero-order chi connectivity index (χ0) is 6.53. The number of benzene rings is 1. The van der Waals surface area contributed by atoms with Gasteiger partial charge in [0.25, 0.3) is 0 Å². The van der Waals surface area contributed by atoms with Crippen molar-refractivity contribution >= 4 is 5.69 Å². The molecule has 0 aromatic heterocycles. The molecule has 50 valence electrons. The third kappa shape index (κ3) is 2.06. The van der Waals surface area contributed by atoms with E-state index in [1.807, 2.05) is 50.0 Å². The van der Waals surface area contributed by atoms with Gasteiger partial charge in [-0.15, -0.1) is 0 Å². The van der Waals surface area contributed by atoms with Gasteiger partial charge in [0.15, 0.2) is 0 Å². The van der Waals surface area contributed by atoms with E-state index in [0.717, 1.165) is 5.69 Å². The number of rotatable bonds is 2. The molecule has 0 aliphatic rings. The number of para-hydroxylation sites is 1. The van der Waals surface area contributed by atoms with Crippen molar-refractivity contribution in [3.63, 3.8) is 0 Å². The Hall–Kier alpha value is -0.492. The molecule has 0 amide bonds. The summed E-state index contributed by atoms with van der Waals surface area (Å²) >= 11 is 1.89. The fourth-order valence-electron chi connectivity index (χ4n) is 0.554. The normalized spacial score (nSPS) is 8.67. The van der Waals surface area contributed by atoms with Gasteiger partial charge in [0.1, 0.15) is 0 Å². The van der Waals surface area contributed by atoms with Crippen molar-refractivity contribution in [1.29, 1.82) is 0 Å². The summed E-state index contributed by atoms with van der Waals surface area (Å²) in [4.78, 5) is 0. The molecule has 0 saturated carbocycles. The van der Waals surface area contributed by atoms with E-state index in [1.165, 1.54) is 0 Å². The number of anilines is 1. The van der Waals surface area contributed by atoms with Crippen molar-refractivity contribution in [3.05, 3.63) is 30.3 Å². The van der Waals surface area contributed by atoms with Gasteiger partial charge in [-0.3, -0.25) is 0 Å². The van der Waals surface area contributed by atoms with Gasteiger partial charge in [-0.05, 0) is 0 Å². The quantitative estimate of drug-likeness (QED) is 0.827. The molecule has 1 aromatic rings. The predicted octanol–water partition coefficient (Wildman–Crippen LogP) is 1.74. The zero-order valence-electron chi connectivity index (χ0n) is 4.65. The Kier molecular flexibility index (Phi) is 2.59. The van der Waals surface area contributed by atoms with Crippen LogP contribution in [0.15, 0.2) is 33.9 Å². The Morgan fingerprint density at radius 3 is 2.44 bits per heavy atom. The average Bonchev–Trinajstić information content (AvgIpc) is 1.91. The molecule has 0 saturated heterocycles. The Morgan fingerprint density at radius 1 is 1.22 bits per heavy atom. The van der Waals surface area contributed by atoms with Gasteiger partial charge in [-0.2, -0.15) is 0 Å². The second kappa shape index (κ2) is 3.52. The molecule has 2 nitrogen and oxygen atoms in total. The predicted molar refractivity (Wildman–Crippen MR) is 32.5 cm³/mol. The first-order chi connectivity index (χ1) is 4.43. The van der Waals surface area contributed by atoms with Crippen molar-refractivity contribution < 1.29 is 19.6 Å². The Bertz CT molecular complexity index is 186. The van der Waals surface area contributed by atoms with Crippen LogP contribution in [0.25, 0.3) is 0 Å². The molecule has 0 heterocycles. The third-order valence-electron chi connectivity index (χ3n) is 0.938. The van der Waals surface area contributed by atoms with Crippen LogP contribution in [0.2, 0.25) is 0 Å². The van der Waals surface area contributed by atoms with E-state index in [0.29, 0.717) is 0 Å². The van der Waals surface area contributed by atoms with E-state index < -0.39 is 0 Å². The zero-order valence-corrected chi connectivity index (χ0v) is 6.92. The summed E-state index contributed by atoms with van der Waals surface area (Å²) in [7, 11) is 0. The molecular weight excluding hydrogens is 295 g/mol. The third-order valence-corrected chi connectivity index (χ3v) is 1.19. The molecular formula is C6H6N2Pt. The molecule has 0 radical (unpaired) electrons. The Morgan fingerprint density at radius 2 is 1.89 bits per heavy atom. The van der Waals surface area contributed by atoms with Crippen LogP contribution in [0.1, 0.15) is 0 Å². The maximum absolute atomic E-state index is 3.73. The molecule has 0 aliphatic carbocycles. The number of nitrogens with one attached hydrogen (secondary N) is 1. The van der Waals surface area contributed by atoms with Crippen molar-refractivity contribution in [2.75, 3.05) is 5.43 Å². The number of hydrogen-bond acceptors (Lipinski definition) is 2. The van der Waals surface area contributed by atoms with Gasteiger partial charge in [-0.25, -0.2) is 0 Å². The van der Waals surface area contributed by atoms with Crippen LogP contribution in [0.5, 0.6) is 0 Å². The van der Waals surface area contributed by atoms with Crippen LogP contribution in [0.4, 0.5) is 5.69 Å². The fourth-order valence-corrected chi connectivity index (χ4v) is 0.847. The van der Waals surface area contributed by atoms with Gasteiger partial charge >= 0.3 is 64.7 Å². The standard InChI is InChI=1S/C6H6N2.Pt/c7-8-6-4-2-1-3-5-6;/h1-5,8H;. The molecule has 0 spiro atoms. The van der Waals surface area contributed by atoms with Crippen molar-refractivity contribution in [2.45, 2.75) is 0 Å². The van der Waals surface area contributed by atoms with Gasteiger partial charge in [0, 0.05) is 0 Å². The number of hydrogen-bond donors (Lipinski definition) is 1. The maximum atomic E-state index is 3.73. The molecule has 1 aromatic carbocycles. The van der Waals surface area contributed by atoms with E-state index >= 15 is 0 Å². The summed E-state index contributed by atoms with van der Waals surface area (Å²) in [6, 6.07) is 9.82. The van der Waals surface area contributed by atoms with Crippen LogP contribution in [-0.4, -0.2) is 0 Å². The summed E-state index contributed by atoms with van der Waals surface area (Å²) in [6.45, 7) is 0. The van der Waals surface area contributed by atoms with E-state index in [2.05, 4.69) is 9.03 Å². The van der Waals surface area contributed by atoms with Crippen LogP contribution in [0, 0.1) is 0 Å². The SMILES string of the molecule is [Pt]=[N]Nc1ccccc1. The van der Waals surface area contributed by atoms with Gasteiger partial charge in [-0.1, -0.05) is 0 Å². The molecule has 0 atom stereocenters. The van der Waals surface area contributed by atoms with E-state index in [9.17, 15) is 0 Å². The summed E-state index contributed by atoms with van der Waals surface area (Å²) in [6.07, 6.45) is 0. The second-order valence-electron chi connectivity index (χ2n) is 1.55. The van der Waals surface area contributed by atoms with Crippen LogP contribution < -0.4 is 5.43 Å². The second-order valence-corrected chi connectivity index (χ2v) is 2.06. The summed E-state index contributed by atoms with van der Waals surface area (Å²) in [5.74, 6) is 0.